The van der Waals surface area contributed by atoms with Gasteiger partial charge in [0.05, 0.1) is 0 Å². The molecule has 0 saturated heterocycles. The Morgan fingerprint density at radius 1 is 0.389 bits per heavy atom. The molecule has 1 heterocycles. The Balaban J connectivity index is -0.000000731. The van der Waals surface area contributed by atoms with Gasteiger partial charge in [0, 0.05) is 245 Å². The Labute approximate surface area is 393 Å². The van der Waals surface area contributed by atoms with Gasteiger partial charge >= 0.3 is 0 Å². The van der Waals surface area contributed by atoms with Gasteiger partial charge in [0.2, 0.25) is 0 Å². The molecule has 9 heteroatoms. The molecule has 0 N–H and O–H groups in total. The van der Waals surface area contributed by atoms with Crippen LogP contribution in [-0.4, -0.2) is 0 Å². The molecule has 7 radical (unpaired) electrons. The molecule has 2 aromatic rings. The first-order valence-corrected chi connectivity index (χ1v) is 10.4. The summed E-state index contributed by atoms with van der Waals surface area (Å²) in [6.07, 6.45) is 0. The van der Waals surface area contributed by atoms with Gasteiger partial charge in [-0.15, -0.1) is 5.36 Å². The van der Waals surface area contributed by atoms with Gasteiger partial charge in [-0.2, -0.15) is 0 Å². The van der Waals surface area contributed by atoms with E-state index in [2.05, 4.69) is 55.4 Å². The van der Waals surface area contributed by atoms with Crippen LogP contribution in [0.15, 0.2) is 4.42 Å². The van der Waals surface area contributed by atoms with Gasteiger partial charge in [-0.05, 0) is 125 Å². The van der Waals surface area contributed by atoms with Crippen molar-refractivity contribution < 1.29 is 233 Å². The molecule has 1 aliphatic heterocycles. The van der Waals surface area contributed by atoms with Crippen LogP contribution in [0.25, 0.3) is 38.5 Å². The Kier molecular flexibility index (Phi) is 25.1. The van der Waals surface area contributed by atoms with Crippen molar-refractivity contribution in [3.8, 4) is 11.3 Å². The molecule has 36 heavy (non-hydrogen) atoms. The van der Waals surface area contributed by atoms with E-state index >= 15 is 0 Å². The Hall–Kier alpha value is 5.12. The van der Waals surface area contributed by atoms with Crippen molar-refractivity contribution in [1.29, 1.82) is 0 Å². The molecule has 0 aromatic heterocycles. The minimum Gasteiger partial charge on any atom is -0.803 e. The summed E-state index contributed by atoms with van der Waals surface area (Å²) in [6.45, 7) is 21.5. The summed E-state index contributed by atoms with van der Waals surface area (Å²) >= 11 is 0. The number of aryl methyl sites for hydroxylation is 5. The van der Waals surface area contributed by atoms with Gasteiger partial charge < -0.3 is 9.83 Å². The van der Waals surface area contributed by atoms with E-state index in [1.54, 1.807) is 0 Å². The van der Waals surface area contributed by atoms with Crippen molar-refractivity contribution >= 4 is 21.7 Å². The zero-order valence-corrected chi connectivity index (χ0v) is 43.3. The van der Waals surface area contributed by atoms with E-state index in [1.165, 1.54) is 55.1 Å². The number of benzene rings is 3. The average Bonchev–Trinajstić information content (AvgIpc) is 2.69. The van der Waals surface area contributed by atoms with E-state index in [0.29, 0.717) is 5.36 Å². The number of nitrogens with zero attached hydrogens (tertiary/aromatic N) is 1. The van der Waals surface area contributed by atoms with E-state index in [-0.39, 0.29) is 229 Å². The summed E-state index contributed by atoms with van der Waals surface area (Å²) < 4.78 is 6.69. The fourth-order valence-corrected chi connectivity index (χ4v) is 5.21. The van der Waals surface area contributed by atoms with Crippen molar-refractivity contribution in [2.75, 3.05) is 0 Å². The average molecular weight is 1010 g/mol. The van der Waals surface area contributed by atoms with Crippen LogP contribution in [-0.2, 0) is 229 Å². The van der Waals surface area contributed by atoms with Gasteiger partial charge in [-0.25, -0.2) is 0 Å². The van der Waals surface area contributed by atoms with E-state index in [9.17, 15) is 5.41 Å². The first kappa shape index (κ1) is 48.0. The van der Waals surface area contributed by atoms with Crippen LogP contribution < -0.4 is 5.36 Å². The molecule has 2 nitrogen and oxygen atoms in total. The number of rotatable bonds is 0. The first-order chi connectivity index (χ1) is 13.5. The van der Waals surface area contributed by atoms with Crippen LogP contribution in [0, 0.1) is 69.2 Å². The molecular formula is C27H30NOY7-. The summed E-state index contributed by atoms with van der Waals surface area (Å²) in [5.74, 6) is 0.801. The smallest absolute Gasteiger partial charge is 0.143 e. The third-order valence-corrected chi connectivity index (χ3v) is 7.62. The van der Waals surface area contributed by atoms with E-state index in [4.69, 9.17) is 4.42 Å². The third-order valence-electron chi connectivity index (χ3n) is 7.62. The van der Waals surface area contributed by atoms with Crippen molar-refractivity contribution in [2.24, 2.45) is 0 Å². The molecular weight excluding hydrogens is 977 g/mol. The van der Waals surface area contributed by atoms with Crippen LogP contribution >= 0.6 is 0 Å². The molecule has 1 aliphatic carbocycles. The normalized spacial score (nSPS) is 9.61. The molecule has 0 fully saturated rings. The monoisotopic (exact) mass is 1010 g/mol. The Morgan fingerprint density at radius 2 is 0.778 bits per heavy atom. The SMILES string of the molecule is Cc1c2c(C)c3c(C)c(C)c4c(C)c(C)c(C)c(C)c4c3oc-2c(C)c(=[N-])c1C.[Y].[Y].[Y].[Y].[Y].[Y].[Y]. The minimum atomic E-state index is 0. The van der Waals surface area contributed by atoms with Crippen molar-refractivity contribution in [3.63, 3.8) is 0 Å². The first-order valence-electron chi connectivity index (χ1n) is 10.4. The fourth-order valence-electron chi connectivity index (χ4n) is 5.21. The molecule has 0 unspecified atom stereocenters. The van der Waals surface area contributed by atoms with Gasteiger partial charge in [-0.3, -0.25) is 0 Å². The largest absolute Gasteiger partial charge is 0.803 e. The van der Waals surface area contributed by atoms with Crippen LogP contribution in [0.2, 0.25) is 0 Å². The molecule has 0 amide bonds. The van der Waals surface area contributed by atoms with E-state index in [1.807, 2.05) is 13.8 Å². The zero-order chi connectivity index (χ0) is 21.5. The van der Waals surface area contributed by atoms with E-state index < -0.39 is 0 Å². The standard InChI is InChI=1S/C27H30NO.7Y/c1-11-12(2)14(4)24-21(13(11)3)15(5)16(6)23-19(9)22-17(7)18(8)25(28)20(10)26(22)29-27(23)24;;;;;;;/h1-10H3;;;;;;;/q-1;;;;;;;. The summed E-state index contributed by atoms with van der Waals surface area (Å²) in [5.41, 5.74) is 14.1. The molecule has 171 valence electrons. The number of hydrogen-bond acceptors (Lipinski definition) is 1. The van der Waals surface area contributed by atoms with Gasteiger partial charge in [-0.1, -0.05) is 5.56 Å². The summed E-state index contributed by atoms with van der Waals surface area (Å²) in [7, 11) is 0. The van der Waals surface area contributed by atoms with Crippen LogP contribution in [0.5, 0.6) is 0 Å². The maximum atomic E-state index is 10.7. The maximum absolute atomic E-state index is 10.7. The zero-order valence-electron chi connectivity index (χ0n) is 23.4. The molecule has 0 bridgehead atoms. The Morgan fingerprint density at radius 3 is 1.25 bits per heavy atom. The summed E-state index contributed by atoms with van der Waals surface area (Å²) in [4.78, 5) is 0. The molecule has 0 spiro atoms. The third kappa shape index (κ3) is 7.84. The molecule has 2 aromatic carbocycles. The summed E-state index contributed by atoms with van der Waals surface area (Å²) in [5, 5.41) is 14.7. The fraction of sp³-hybridized carbons (Fsp3) is 0.370. The van der Waals surface area contributed by atoms with Crippen molar-refractivity contribution in [2.45, 2.75) is 69.2 Å². The molecule has 0 saturated carbocycles. The minimum absolute atomic E-state index is 0. The molecule has 4 rings (SSSR count). The van der Waals surface area contributed by atoms with Gasteiger partial charge in [0.1, 0.15) is 11.3 Å². The second-order valence-electron chi connectivity index (χ2n) is 8.86. The quantitative estimate of drug-likeness (QED) is 0.136. The van der Waals surface area contributed by atoms with Gasteiger partial charge in [0.15, 0.2) is 0 Å². The topological polar surface area (TPSA) is 35.4 Å². The van der Waals surface area contributed by atoms with Crippen molar-refractivity contribution in [1.82, 2.24) is 0 Å². The number of hydrogen-bond donors (Lipinski definition) is 0. The van der Waals surface area contributed by atoms with Crippen LogP contribution in [0.4, 0.5) is 0 Å². The maximum Gasteiger partial charge on any atom is 0.143 e. The van der Waals surface area contributed by atoms with Crippen LogP contribution in [0.1, 0.15) is 55.6 Å². The molecule has 0 atom stereocenters. The predicted octanol–water partition coefficient (Wildman–Crippen LogP) is 7.23. The second kappa shape index (κ2) is 18.8. The van der Waals surface area contributed by atoms with Crippen LogP contribution in [0.3, 0.4) is 0 Å². The second-order valence-corrected chi connectivity index (χ2v) is 8.86. The predicted molar refractivity (Wildman–Crippen MR) is 124 cm³/mol. The summed E-state index contributed by atoms with van der Waals surface area (Å²) in [6, 6.07) is 0. The molecule has 2 aliphatic rings. The van der Waals surface area contributed by atoms with E-state index in [0.717, 1.165) is 33.6 Å². The van der Waals surface area contributed by atoms with Crippen molar-refractivity contribution in [3.05, 3.63) is 66.4 Å². The number of fused-ring (bicyclic) bond motifs is 4. The Bertz CT molecular complexity index is 1430. The van der Waals surface area contributed by atoms with Gasteiger partial charge in [0.25, 0.3) is 0 Å².